The Hall–Kier alpha value is -0.120. The van der Waals surface area contributed by atoms with E-state index in [1.54, 1.807) is 0 Å². The van der Waals surface area contributed by atoms with Crippen molar-refractivity contribution in [3.05, 3.63) is 0 Å². The lowest BCUT2D eigenvalue weighted by molar-refractivity contribution is 0.149. The van der Waals surface area contributed by atoms with Crippen molar-refractivity contribution in [2.75, 3.05) is 6.54 Å². The van der Waals surface area contributed by atoms with Crippen molar-refractivity contribution in [1.82, 2.24) is 0 Å². The van der Waals surface area contributed by atoms with Gasteiger partial charge in [0.2, 0.25) is 0 Å². The molecule has 3 nitrogen and oxygen atoms in total. The van der Waals surface area contributed by atoms with Crippen LogP contribution in [0.3, 0.4) is 0 Å². The lowest BCUT2D eigenvalue weighted by Crippen LogP contribution is -2.09. The molecule has 5 N–H and O–H groups in total. The summed E-state index contributed by atoms with van der Waals surface area (Å²) in [6, 6.07) is 0. The summed E-state index contributed by atoms with van der Waals surface area (Å²) < 4.78 is 0. The number of unbranched alkanes of at least 4 members (excludes halogenated alkanes) is 2. The van der Waals surface area contributed by atoms with Gasteiger partial charge >= 0.3 is 0 Å². The standard InChI is InChI=1S/C9H21NO.H2O/c1-2-3-4-6-9(11)7-5-8-10;/h9,11H,2-8,10H2,1H3;1H2. The molecule has 0 rings (SSSR count). The maximum absolute atomic E-state index is 9.35. The number of rotatable bonds is 7. The van der Waals surface area contributed by atoms with Crippen molar-refractivity contribution < 1.29 is 10.6 Å². The molecule has 0 amide bonds. The third kappa shape index (κ3) is 9.88. The Bertz CT molecular complexity index is 78.9. The van der Waals surface area contributed by atoms with Crippen LogP contribution in [0.1, 0.15) is 45.4 Å². The molecule has 0 heterocycles. The minimum absolute atomic E-state index is 0. The van der Waals surface area contributed by atoms with Gasteiger partial charge in [0.05, 0.1) is 6.10 Å². The fourth-order valence-corrected chi connectivity index (χ4v) is 1.13. The van der Waals surface area contributed by atoms with Gasteiger partial charge in [-0.05, 0) is 25.8 Å². The molecule has 0 spiro atoms. The summed E-state index contributed by atoms with van der Waals surface area (Å²) in [5.74, 6) is 0. The summed E-state index contributed by atoms with van der Waals surface area (Å²) in [7, 11) is 0. The summed E-state index contributed by atoms with van der Waals surface area (Å²) in [5, 5.41) is 9.35. The molecule has 0 fully saturated rings. The van der Waals surface area contributed by atoms with E-state index in [1.165, 1.54) is 12.8 Å². The fraction of sp³-hybridized carbons (Fsp3) is 1.00. The second-order valence-electron chi connectivity index (χ2n) is 3.08. The smallest absolute Gasteiger partial charge is 0.0540 e. The topological polar surface area (TPSA) is 77.8 Å². The van der Waals surface area contributed by atoms with E-state index in [0.717, 1.165) is 25.7 Å². The molecule has 0 aliphatic rings. The van der Waals surface area contributed by atoms with E-state index < -0.39 is 0 Å². The van der Waals surface area contributed by atoms with Crippen molar-refractivity contribution >= 4 is 0 Å². The van der Waals surface area contributed by atoms with Crippen molar-refractivity contribution in [3.63, 3.8) is 0 Å². The van der Waals surface area contributed by atoms with Crippen LogP contribution < -0.4 is 5.73 Å². The lowest BCUT2D eigenvalue weighted by atomic mass is 10.1. The van der Waals surface area contributed by atoms with Crippen LogP contribution in [0.15, 0.2) is 0 Å². The van der Waals surface area contributed by atoms with Gasteiger partial charge in [-0.2, -0.15) is 0 Å². The zero-order valence-corrected chi connectivity index (χ0v) is 8.05. The number of hydrogen-bond donors (Lipinski definition) is 2. The number of hydrogen-bond acceptors (Lipinski definition) is 2. The van der Waals surface area contributed by atoms with Crippen molar-refractivity contribution in [2.45, 2.75) is 51.6 Å². The first-order valence-corrected chi connectivity index (χ1v) is 4.69. The first kappa shape index (κ1) is 14.4. The average Bonchev–Trinajstić information content (AvgIpc) is 2.01. The van der Waals surface area contributed by atoms with Gasteiger partial charge in [-0.3, -0.25) is 0 Å². The highest BCUT2D eigenvalue weighted by Gasteiger charge is 2.01. The highest BCUT2D eigenvalue weighted by atomic mass is 16.3. The van der Waals surface area contributed by atoms with E-state index in [1.807, 2.05) is 0 Å². The molecule has 0 saturated heterocycles. The fourth-order valence-electron chi connectivity index (χ4n) is 1.13. The summed E-state index contributed by atoms with van der Waals surface area (Å²) in [5.41, 5.74) is 5.32. The van der Waals surface area contributed by atoms with Crippen molar-refractivity contribution in [3.8, 4) is 0 Å². The monoisotopic (exact) mass is 177 g/mol. The van der Waals surface area contributed by atoms with Gasteiger partial charge in [0.25, 0.3) is 0 Å². The summed E-state index contributed by atoms with van der Waals surface area (Å²) in [4.78, 5) is 0. The van der Waals surface area contributed by atoms with Gasteiger partial charge in [-0.15, -0.1) is 0 Å². The van der Waals surface area contributed by atoms with E-state index in [4.69, 9.17) is 5.73 Å². The molecule has 0 aromatic heterocycles. The highest BCUT2D eigenvalue weighted by molar-refractivity contribution is 4.56. The van der Waals surface area contributed by atoms with E-state index >= 15 is 0 Å². The first-order chi connectivity index (χ1) is 5.31. The summed E-state index contributed by atoms with van der Waals surface area (Å²) >= 11 is 0. The van der Waals surface area contributed by atoms with Crippen molar-refractivity contribution in [2.24, 2.45) is 5.73 Å². The molecule has 0 aromatic rings. The molecule has 0 radical (unpaired) electrons. The van der Waals surface area contributed by atoms with Gasteiger partial charge in [0.1, 0.15) is 0 Å². The zero-order chi connectivity index (χ0) is 8.53. The van der Waals surface area contributed by atoms with E-state index in [-0.39, 0.29) is 11.6 Å². The minimum Gasteiger partial charge on any atom is -0.412 e. The van der Waals surface area contributed by atoms with E-state index in [0.29, 0.717) is 6.54 Å². The van der Waals surface area contributed by atoms with E-state index in [2.05, 4.69) is 6.92 Å². The Kier molecular flexibility index (Phi) is 13.1. The van der Waals surface area contributed by atoms with Gasteiger partial charge < -0.3 is 16.3 Å². The molecule has 76 valence electrons. The Morgan fingerprint density at radius 2 is 1.75 bits per heavy atom. The number of aliphatic hydroxyl groups is 1. The molecular weight excluding hydrogens is 154 g/mol. The van der Waals surface area contributed by atoms with Crippen LogP contribution in [0.5, 0.6) is 0 Å². The second kappa shape index (κ2) is 10.9. The molecule has 0 bridgehead atoms. The maximum atomic E-state index is 9.35. The van der Waals surface area contributed by atoms with Crippen molar-refractivity contribution in [1.29, 1.82) is 0 Å². The van der Waals surface area contributed by atoms with Gasteiger partial charge in [0.15, 0.2) is 0 Å². The quantitative estimate of drug-likeness (QED) is 0.565. The molecule has 0 aliphatic carbocycles. The molecule has 0 saturated carbocycles. The molecule has 12 heavy (non-hydrogen) atoms. The molecule has 0 aromatic carbocycles. The highest BCUT2D eigenvalue weighted by Crippen LogP contribution is 2.07. The Balaban J connectivity index is 0. The predicted octanol–water partition coefficient (Wildman–Crippen LogP) is 0.842. The molecule has 1 unspecified atom stereocenters. The van der Waals surface area contributed by atoms with Gasteiger partial charge in [-0.25, -0.2) is 0 Å². The SMILES string of the molecule is CCCCCC(O)CCCN.O. The zero-order valence-electron chi connectivity index (χ0n) is 8.05. The molecular formula is C9H23NO2. The molecule has 3 heteroatoms. The third-order valence-corrected chi connectivity index (χ3v) is 1.88. The van der Waals surface area contributed by atoms with Gasteiger partial charge in [0, 0.05) is 0 Å². The van der Waals surface area contributed by atoms with Crippen LogP contribution in [0.25, 0.3) is 0 Å². The summed E-state index contributed by atoms with van der Waals surface area (Å²) in [6.45, 7) is 2.87. The average molecular weight is 177 g/mol. The van der Waals surface area contributed by atoms with Crippen LogP contribution in [0, 0.1) is 0 Å². The normalized spacial score (nSPS) is 12.2. The Morgan fingerprint density at radius 3 is 2.25 bits per heavy atom. The predicted molar refractivity (Wildman–Crippen MR) is 52.1 cm³/mol. The largest absolute Gasteiger partial charge is 0.412 e. The number of nitrogens with two attached hydrogens (primary N) is 1. The van der Waals surface area contributed by atoms with Crippen LogP contribution in [-0.4, -0.2) is 23.2 Å². The summed E-state index contributed by atoms with van der Waals surface area (Å²) in [6.07, 6.45) is 6.29. The number of aliphatic hydroxyl groups excluding tert-OH is 1. The van der Waals surface area contributed by atoms with Crippen LogP contribution in [-0.2, 0) is 0 Å². The van der Waals surface area contributed by atoms with Gasteiger partial charge in [-0.1, -0.05) is 26.2 Å². The van der Waals surface area contributed by atoms with Crippen LogP contribution in [0.2, 0.25) is 0 Å². The Morgan fingerprint density at radius 1 is 1.17 bits per heavy atom. The maximum Gasteiger partial charge on any atom is 0.0540 e. The third-order valence-electron chi connectivity index (χ3n) is 1.88. The Labute approximate surface area is 75.3 Å². The van der Waals surface area contributed by atoms with E-state index in [9.17, 15) is 5.11 Å². The molecule has 0 aliphatic heterocycles. The molecule has 1 atom stereocenters. The van der Waals surface area contributed by atoms with Crippen LogP contribution >= 0.6 is 0 Å². The minimum atomic E-state index is -0.106. The lowest BCUT2D eigenvalue weighted by Gasteiger charge is -2.08. The first-order valence-electron chi connectivity index (χ1n) is 4.69. The second-order valence-corrected chi connectivity index (χ2v) is 3.08. The van der Waals surface area contributed by atoms with Crippen LogP contribution in [0.4, 0.5) is 0 Å².